The molecule has 0 fully saturated rings. The fourth-order valence-electron chi connectivity index (χ4n) is 1.09. The molecule has 0 aromatic rings. The fourth-order valence-corrected chi connectivity index (χ4v) is 1.88. The Labute approximate surface area is 84.7 Å². The van der Waals surface area contributed by atoms with Gasteiger partial charge in [-0.3, -0.25) is 4.90 Å². The Hall–Kier alpha value is 0.690. The van der Waals surface area contributed by atoms with E-state index in [1.807, 2.05) is 0 Å². The Morgan fingerprint density at radius 2 is 1.55 bits per heavy atom. The predicted octanol–water partition coefficient (Wildman–Crippen LogP) is 3.14. The number of hydrogen-bond donors (Lipinski definition) is 0. The molecule has 1 atom stereocenters. The quantitative estimate of drug-likeness (QED) is 0.432. The van der Waals surface area contributed by atoms with Crippen molar-refractivity contribution in [3.63, 3.8) is 0 Å². The maximum Gasteiger partial charge on any atom is 0.0667 e. The molecular weight excluding hydrogens is 249 g/mol. The number of alkyl halides is 1. The minimum Gasteiger partial charge on any atom is -0.292 e. The first-order chi connectivity index (χ1) is 4.93. The highest BCUT2D eigenvalue weighted by molar-refractivity contribution is 14.1. The number of hydrogen-bond acceptors (Lipinski definition) is 1. The third kappa shape index (κ3) is 3.74. The van der Waals surface area contributed by atoms with Gasteiger partial charge in [-0.05, 0) is 18.5 Å². The van der Waals surface area contributed by atoms with E-state index in [4.69, 9.17) is 0 Å². The van der Waals surface area contributed by atoms with Crippen LogP contribution in [-0.4, -0.2) is 22.0 Å². The van der Waals surface area contributed by atoms with Crippen LogP contribution in [0.5, 0.6) is 0 Å². The Morgan fingerprint density at radius 1 is 1.18 bits per heavy atom. The first-order valence-electron chi connectivity index (χ1n) is 4.31. The van der Waals surface area contributed by atoms with E-state index in [2.05, 4.69) is 62.1 Å². The van der Waals surface area contributed by atoms with E-state index < -0.39 is 0 Å². The summed E-state index contributed by atoms with van der Waals surface area (Å²) >= 11 is 2.54. The molecule has 11 heavy (non-hydrogen) atoms. The molecule has 1 unspecified atom stereocenters. The molecule has 0 spiro atoms. The molecule has 0 radical (unpaired) electrons. The van der Waals surface area contributed by atoms with Crippen LogP contribution in [-0.2, 0) is 0 Å². The standard InChI is InChI=1S/C9H20IN/c1-6-11(7-2)8(10)9(3,4)5/h8H,6-7H2,1-5H3. The van der Waals surface area contributed by atoms with Gasteiger partial charge in [0.05, 0.1) is 4.05 Å². The van der Waals surface area contributed by atoms with Crippen molar-refractivity contribution in [1.29, 1.82) is 0 Å². The van der Waals surface area contributed by atoms with Gasteiger partial charge in [-0.25, -0.2) is 0 Å². The monoisotopic (exact) mass is 269 g/mol. The van der Waals surface area contributed by atoms with E-state index in [0.717, 1.165) is 13.1 Å². The molecule has 0 bridgehead atoms. The van der Waals surface area contributed by atoms with Crippen molar-refractivity contribution in [3.8, 4) is 0 Å². The van der Waals surface area contributed by atoms with Crippen molar-refractivity contribution in [2.75, 3.05) is 13.1 Å². The molecule has 0 amide bonds. The van der Waals surface area contributed by atoms with Gasteiger partial charge in [0, 0.05) is 0 Å². The van der Waals surface area contributed by atoms with Gasteiger partial charge in [0.2, 0.25) is 0 Å². The number of halogens is 1. The summed E-state index contributed by atoms with van der Waals surface area (Å²) in [7, 11) is 0. The molecule has 0 aliphatic rings. The van der Waals surface area contributed by atoms with Crippen LogP contribution in [0.3, 0.4) is 0 Å². The minimum atomic E-state index is 0.395. The van der Waals surface area contributed by atoms with Gasteiger partial charge in [0.25, 0.3) is 0 Å². The smallest absolute Gasteiger partial charge is 0.0667 e. The molecule has 2 heteroatoms. The summed E-state index contributed by atoms with van der Waals surface area (Å²) < 4.78 is 0.648. The zero-order valence-corrected chi connectivity index (χ0v) is 10.5. The molecule has 0 aromatic heterocycles. The van der Waals surface area contributed by atoms with Crippen molar-refractivity contribution in [2.45, 2.75) is 38.7 Å². The molecule has 1 nitrogen and oxygen atoms in total. The summed E-state index contributed by atoms with van der Waals surface area (Å²) in [6.07, 6.45) is 0. The van der Waals surface area contributed by atoms with E-state index in [1.54, 1.807) is 0 Å². The van der Waals surface area contributed by atoms with Crippen LogP contribution in [0.25, 0.3) is 0 Å². The lowest BCUT2D eigenvalue weighted by molar-refractivity contribution is 0.192. The van der Waals surface area contributed by atoms with Crippen LogP contribution < -0.4 is 0 Å². The second-order valence-corrected chi connectivity index (χ2v) is 5.10. The van der Waals surface area contributed by atoms with Crippen LogP contribution in [0.15, 0.2) is 0 Å². The predicted molar refractivity (Wildman–Crippen MR) is 60.2 cm³/mol. The molecule has 0 saturated heterocycles. The van der Waals surface area contributed by atoms with Gasteiger partial charge >= 0.3 is 0 Å². The van der Waals surface area contributed by atoms with E-state index in [0.29, 0.717) is 9.46 Å². The molecular formula is C9H20IN. The highest BCUT2D eigenvalue weighted by atomic mass is 127. The fraction of sp³-hybridized carbons (Fsp3) is 1.00. The molecule has 68 valence electrons. The Morgan fingerprint density at radius 3 is 1.64 bits per heavy atom. The normalized spacial score (nSPS) is 15.5. The second-order valence-electron chi connectivity index (χ2n) is 3.92. The van der Waals surface area contributed by atoms with Gasteiger partial charge < -0.3 is 0 Å². The zero-order chi connectivity index (χ0) is 9.07. The Bertz CT molecular complexity index is 103. The maximum absolute atomic E-state index is 2.54. The summed E-state index contributed by atoms with van der Waals surface area (Å²) in [5.41, 5.74) is 0.395. The van der Waals surface area contributed by atoms with Crippen LogP contribution in [0.1, 0.15) is 34.6 Å². The van der Waals surface area contributed by atoms with Crippen molar-refractivity contribution in [3.05, 3.63) is 0 Å². The van der Waals surface area contributed by atoms with Crippen molar-refractivity contribution >= 4 is 22.6 Å². The molecule has 0 aromatic carbocycles. The Balaban J connectivity index is 4.09. The molecule has 0 aliphatic carbocycles. The van der Waals surface area contributed by atoms with Crippen LogP contribution in [0, 0.1) is 5.41 Å². The van der Waals surface area contributed by atoms with Crippen LogP contribution >= 0.6 is 22.6 Å². The van der Waals surface area contributed by atoms with Crippen LogP contribution in [0.4, 0.5) is 0 Å². The van der Waals surface area contributed by atoms with Crippen LogP contribution in [0.2, 0.25) is 0 Å². The van der Waals surface area contributed by atoms with E-state index in [-0.39, 0.29) is 0 Å². The SMILES string of the molecule is CCN(CC)C(I)C(C)(C)C. The number of rotatable bonds is 3. The number of nitrogens with zero attached hydrogens (tertiary/aromatic N) is 1. The third-order valence-electron chi connectivity index (χ3n) is 1.85. The molecule has 0 N–H and O–H groups in total. The highest BCUT2D eigenvalue weighted by Gasteiger charge is 2.25. The molecule has 0 heterocycles. The van der Waals surface area contributed by atoms with Crippen molar-refractivity contribution < 1.29 is 0 Å². The summed E-state index contributed by atoms with van der Waals surface area (Å²) in [6, 6.07) is 0. The Kier molecular flexibility index (Phi) is 4.94. The van der Waals surface area contributed by atoms with E-state index in [9.17, 15) is 0 Å². The lowest BCUT2D eigenvalue weighted by Crippen LogP contribution is -2.39. The van der Waals surface area contributed by atoms with Gasteiger partial charge in [0.1, 0.15) is 0 Å². The maximum atomic E-state index is 2.54. The van der Waals surface area contributed by atoms with Crippen molar-refractivity contribution in [2.24, 2.45) is 5.41 Å². The highest BCUT2D eigenvalue weighted by Crippen LogP contribution is 2.28. The second kappa shape index (κ2) is 4.65. The van der Waals surface area contributed by atoms with E-state index in [1.165, 1.54) is 0 Å². The van der Waals surface area contributed by atoms with Gasteiger partial charge in [-0.1, -0.05) is 57.2 Å². The first kappa shape index (κ1) is 11.7. The van der Waals surface area contributed by atoms with E-state index >= 15 is 0 Å². The van der Waals surface area contributed by atoms with Gasteiger partial charge in [-0.2, -0.15) is 0 Å². The molecule has 0 aliphatic heterocycles. The van der Waals surface area contributed by atoms with Gasteiger partial charge in [0.15, 0.2) is 0 Å². The van der Waals surface area contributed by atoms with Gasteiger partial charge in [-0.15, -0.1) is 0 Å². The lowest BCUT2D eigenvalue weighted by Gasteiger charge is -2.34. The zero-order valence-electron chi connectivity index (χ0n) is 8.32. The van der Waals surface area contributed by atoms with Crippen molar-refractivity contribution in [1.82, 2.24) is 4.90 Å². The summed E-state index contributed by atoms with van der Waals surface area (Å²) in [5.74, 6) is 0. The largest absolute Gasteiger partial charge is 0.292 e. The minimum absolute atomic E-state index is 0.395. The average molecular weight is 269 g/mol. The topological polar surface area (TPSA) is 3.24 Å². The third-order valence-corrected chi connectivity index (χ3v) is 4.50. The molecule has 0 saturated carbocycles. The lowest BCUT2D eigenvalue weighted by atomic mass is 9.96. The summed E-state index contributed by atoms with van der Waals surface area (Å²) in [4.78, 5) is 2.49. The first-order valence-corrected chi connectivity index (χ1v) is 5.56. The summed E-state index contributed by atoms with van der Waals surface area (Å²) in [6.45, 7) is 13.6. The summed E-state index contributed by atoms with van der Waals surface area (Å²) in [5, 5.41) is 0. The average Bonchev–Trinajstić information content (AvgIpc) is 1.88. The molecule has 0 rings (SSSR count).